The normalized spacial score (nSPS) is 10.5. The number of hydrogen-bond acceptors (Lipinski definition) is 7. The summed E-state index contributed by atoms with van der Waals surface area (Å²) in [5.41, 5.74) is 1.12. The fourth-order valence-electron chi connectivity index (χ4n) is 4.00. The summed E-state index contributed by atoms with van der Waals surface area (Å²) in [5.74, 6) is 0.406. The molecule has 0 radical (unpaired) electrons. The van der Waals surface area contributed by atoms with Gasteiger partial charge >= 0.3 is 5.97 Å². The largest absolute Gasteiger partial charge is 0.497 e. The number of aliphatic carboxylic acids is 1. The van der Waals surface area contributed by atoms with E-state index >= 15 is 0 Å². The number of nitrogens with zero attached hydrogens (tertiary/aromatic N) is 1. The topological polar surface area (TPSA) is 112 Å². The van der Waals surface area contributed by atoms with Crippen molar-refractivity contribution in [3.05, 3.63) is 105 Å². The van der Waals surface area contributed by atoms with E-state index in [0.717, 1.165) is 10.5 Å². The van der Waals surface area contributed by atoms with Gasteiger partial charge < -0.3 is 29.0 Å². The Kier molecular flexibility index (Phi) is 10.8. The van der Waals surface area contributed by atoms with Crippen molar-refractivity contribution in [2.24, 2.45) is 0 Å². The first-order valence-electron chi connectivity index (χ1n) is 12.4. The molecule has 0 saturated carbocycles. The Hall–Kier alpha value is -3.90. The van der Waals surface area contributed by atoms with Gasteiger partial charge in [-0.1, -0.05) is 51.3 Å². The van der Waals surface area contributed by atoms with Gasteiger partial charge in [-0.15, -0.1) is 0 Å². The highest BCUT2D eigenvalue weighted by molar-refractivity contribution is 9.10. The highest BCUT2D eigenvalue weighted by atomic mass is 79.9. The van der Waals surface area contributed by atoms with Crippen LogP contribution in [0, 0.1) is 0 Å². The molecule has 0 spiro atoms. The molecular formula is C30H24BrCl2NO8S. The van der Waals surface area contributed by atoms with Crippen LogP contribution >= 0.6 is 39.1 Å². The first-order chi connectivity index (χ1) is 20.6. The number of halogens is 3. The second-order valence-electron chi connectivity index (χ2n) is 8.82. The first-order valence-corrected chi connectivity index (χ1v) is 15.0. The van der Waals surface area contributed by atoms with Crippen LogP contribution in [0.1, 0.15) is 11.1 Å². The minimum Gasteiger partial charge on any atom is -0.497 e. The number of benzene rings is 4. The number of hydrogen-bond donors (Lipinski definition) is 1. The van der Waals surface area contributed by atoms with Crippen LogP contribution in [0.4, 0.5) is 5.69 Å². The van der Waals surface area contributed by atoms with E-state index in [9.17, 15) is 18.3 Å². The molecule has 9 nitrogen and oxygen atoms in total. The Morgan fingerprint density at radius 1 is 0.860 bits per heavy atom. The summed E-state index contributed by atoms with van der Waals surface area (Å²) in [7, 11) is 0.150. The summed E-state index contributed by atoms with van der Waals surface area (Å²) in [6, 6.07) is 21.1. The summed E-state index contributed by atoms with van der Waals surface area (Å²) in [4.78, 5) is 12.9. The summed E-state index contributed by atoms with van der Waals surface area (Å²) in [6.45, 7) is -0.641. The van der Waals surface area contributed by atoms with Crippen LogP contribution in [0.5, 0.6) is 28.7 Å². The van der Waals surface area contributed by atoms with Crippen molar-refractivity contribution < 1.29 is 37.3 Å². The third-order valence-electron chi connectivity index (χ3n) is 5.99. The summed E-state index contributed by atoms with van der Waals surface area (Å²) < 4.78 is 48.5. The molecule has 0 aliphatic rings. The van der Waals surface area contributed by atoms with Crippen molar-refractivity contribution in [3.63, 3.8) is 0 Å². The minimum atomic E-state index is -2.89. The van der Waals surface area contributed by atoms with Gasteiger partial charge in [0.15, 0.2) is 10.7 Å². The maximum absolute atomic E-state index is 12.7. The number of anilines is 1. The molecular weight excluding hydrogens is 685 g/mol. The van der Waals surface area contributed by atoms with Crippen molar-refractivity contribution in [2.45, 2.75) is 6.61 Å². The van der Waals surface area contributed by atoms with Gasteiger partial charge in [0.25, 0.3) is 0 Å². The number of ether oxygens (including phenoxy) is 4. The zero-order valence-electron chi connectivity index (χ0n) is 22.7. The Morgan fingerprint density at radius 2 is 1.42 bits per heavy atom. The molecule has 4 aromatic carbocycles. The lowest BCUT2D eigenvalue weighted by atomic mass is 10.1. The zero-order chi connectivity index (χ0) is 31.1. The summed E-state index contributed by atoms with van der Waals surface area (Å²) in [5, 5.41) is 10.3. The lowest BCUT2D eigenvalue weighted by Crippen LogP contribution is -2.37. The highest BCUT2D eigenvalue weighted by Crippen LogP contribution is 2.41. The van der Waals surface area contributed by atoms with Crippen molar-refractivity contribution >= 4 is 66.1 Å². The Bertz CT molecular complexity index is 1730. The summed E-state index contributed by atoms with van der Waals surface area (Å²) >= 11 is 16.1. The van der Waals surface area contributed by atoms with Gasteiger partial charge in [0, 0.05) is 16.1 Å². The van der Waals surface area contributed by atoms with E-state index in [2.05, 4.69) is 15.9 Å². The quantitative estimate of drug-likeness (QED) is 0.163. The van der Waals surface area contributed by atoms with Crippen molar-refractivity contribution in [2.75, 3.05) is 25.7 Å². The molecule has 224 valence electrons. The van der Waals surface area contributed by atoms with Gasteiger partial charge in [-0.05, 0) is 66.2 Å². The number of carbonyl (C=O) groups is 1. The van der Waals surface area contributed by atoms with E-state index in [4.69, 9.17) is 42.1 Å². The molecule has 0 aromatic heterocycles. The SMILES string of the molecule is COc1ccc(COc2ccc(Oc3c(Cl)cc(Br)cc3Cl)cc2N(CC(=O)O)C(c2ccc(OC)cc2)=S(=O)=O)cc1. The molecule has 0 atom stereocenters. The molecule has 13 heteroatoms. The van der Waals surface area contributed by atoms with Gasteiger partial charge in [0.1, 0.15) is 36.1 Å². The van der Waals surface area contributed by atoms with Gasteiger partial charge in [-0.25, -0.2) is 0 Å². The van der Waals surface area contributed by atoms with Gasteiger partial charge in [0.05, 0.1) is 30.0 Å². The van der Waals surface area contributed by atoms with Crippen LogP contribution in [0.25, 0.3) is 0 Å². The lowest BCUT2D eigenvalue weighted by molar-refractivity contribution is -0.135. The van der Waals surface area contributed by atoms with Crippen LogP contribution in [0.15, 0.2) is 83.3 Å². The number of methoxy groups -OCH3 is 2. The van der Waals surface area contributed by atoms with Crippen LogP contribution in [-0.4, -0.2) is 45.2 Å². The average Bonchev–Trinajstić information content (AvgIpc) is 2.98. The number of carboxylic acids is 1. The Labute approximate surface area is 267 Å². The monoisotopic (exact) mass is 707 g/mol. The van der Waals surface area contributed by atoms with Gasteiger partial charge in [-0.2, -0.15) is 8.42 Å². The van der Waals surface area contributed by atoms with Crippen LogP contribution in [0.2, 0.25) is 10.0 Å². The average molecular weight is 709 g/mol. The molecule has 0 saturated heterocycles. The van der Waals surface area contributed by atoms with E-state index in [-0.39, 0.29) is 50.1 Å². The fraction of sp³-hybridized carbons (Fsp3) is 0.133. The molecule has 4 aromatic rings. The van der Waals surface area contributed by atoms with E-state index in [0.29, 0.717) is 16.0 Å². The maximum Gasteiger partial charge on any atom is 0.323 e. The van der Waals surface area contributed by atoms with Crippen LogP contribution in [-0.2, 0) is 21.7 Å². The molecule has 4 rings (SSSR count). The Balaban J connectivity index is 1.84. The maximum atomic E-state index is 12.7. The van der Waals surface area contributed by atoms with Crippen molar-refractivity contribution in [3.8, 4) is 28.7 Å². The third-order valence-corrected chi connectivity index (χ3v) is 7.78. The van der Waals surface area contributed by atoms with Crippen LogP contribution < -0.4 is 23.8 Å². The van der Waals surface area contributed by atoms with Crippen molar-refractivity contribution in [1.82, 2.24) is 0 Å². The van der Waals surface area contributed by atoms with Crippen molar-refractivity contribution in [1.29, 1.82) is 0 Å². The molecule has 0 bridgehead atoms. The molecule has 0 fully saturated rings. The fourth-order valence-corrected chi connectivity index (χ4v) is 5.96. The number of carboxylic acid groups (broad SMARTS) is 1. The first kappa shape index (κ1) is 32.0. The molecule has 43 heavy (non-hydrogen) atoms. The second-order valence-corrected chi connectivity index (χ2v) is 11.4. The molecule has 0 aliphatic heterocycles. The van der Waals surface area contributed by atoms with E-state index in [1.165, 1.54) is 25.3 Å². The molecule has 0 heterocycles. The predicted molar refractivity (Wildman–Crippen MR) is 169 cm³/mol. The molecule has 0 amide bonds. The van der Waals surface area contributed by atoms with E-state index in [1.54, 1.807) is 55.6 Å². The van der Waals surface area contributed by atoms with E-state index < -0.39 is 22.8 Å². The van der Waals surface area contributed by atoms with E-state index in [1.807, 2.05) is 12.1 Å². The smallest absolute Gasteiger partial charge is 0.323 e. The lowest BCUT2D eigenvalue weighted by Gasteiger charge is -2.26. The highest BCUT2D eigenvalue weighted by Gasteiger charge is 2.25. The van der Waals surface area contributed by atoms with Gasteiger partial charge in [-0.3, -0.25) is 4.79 Å². The predicted octanol–water partition coefficient (Wildman–Crippen LogP) is 7.09. The Morgan fingerprint density at radius 3 is 1.95 bits per heavy atom. The van der Waals surface area contributed by atoms with Crippen LogP contribution in [0.3, 0.4) is 0 Å². The standard InChI is InChI=1S/C30H24BrCl2NO8S/c1-39-21-7-3-18(4-8-21)17-41-27-12-11-23(42-29-24(32)13-20(31)14-25(29)33)15-26(27)34(16-28(35)36)30(43(37)38)19-5-9-22(40-2)10-6-19/h3-15H,16-17H2,1-2H3,(H,35,36). The minimum absolute atomic E-state index is 0.0841. The third kappa shape index (κ3) is 8.14. The molecule has 0 unspecified atom stereocenters. The zero-order valence-corrected chi connectivity index (χ0v) is 26.6. The number of rotatable bonds is 11. The summed E-state index contributed by atoms with van der Waals surface area (Å²) in [6.07, 6.45) is 0. The molecule has 0 aliphatic carbocycles. The second kappa shape index (κ2) is 14.5. The molecule has 1 N–H and O–H groups in total. The van der Waals surface area contributed by atoms with Gasteiger partial charge in [0.2, 0.25) is 10.3 Å².